The molecular weight excluding hydrogens is 518 g/mol. The Morgan fingerprint density at radius 2 is 1.92 bits per heavy atom. The van der Waals surface area contributed by atoms with Gasteiger partial charge in [0.2, 0.25) is 15.9 Å². The number of aromatic nitrogens is 1. The van der Waals surface area contributed by atoms with Gasteiger partial charge in [0.25, 0.3) is 5.91 Å². The van der Waals surface area contributed by atoms with Crippen LogP contribution in [0, 0.1) is 5.41 Å². The van der Waals surface area contributed by atoms with Gasteiger partial charge in [-0.1, -0.05) is 0 Å². The molecule has 1 spiro atoms. The maximum atomic E-state index is 13.7. The van der Waals surface area contributed by atoms with Gasteiger partial charge in [-0.15, -0.1) is 0 Å². The summed E-state index contributed by atoms with van der Waals surface area (Å²) in [6, 6.07) is 6.52. The predicted molar refractivity (Wildman–Crippen MR) is 149 cm³/mol. The van der Waals surface area contributed by atoms with Crippen LogP contribution in [-0.4, -0.2) is 70.4 Å². The SMILES string of the molecule is CN1CCc2cc(NC(=O)c3ccc(S(=O)(=O)NCCO)cc3N3CCC4(CC3)CC4)nc(OC3CCC3)c21. The maximum absolute atomic E-state index is 13.7. The number of benzene rings is 1. The highest BCUT2D eigenvalue weighted by atomic mass is 32.2. The zero-order valence-corrected chi connectivity index (χ0v) is 23.2. The van der Waals surface area contributed by atoms with Crippen LogP contribution in [0.1, 0.15) is 60.9 Å². The third-order valence-corrected chi connectivity index (χ3v) is 10.2. The zero-order valence-electron chi connectivity index (χ0n) is 22.4. The van der Waals surface area contributed by atoms with Gasteiger partial charge in [-0.05, 0) is 86.6 Å². The first kappa shape index (κ1) is 26.3. The minimum Gasteiger partial charge on any atom is -0.473 e. The number of hydrogen-bond acceptors (Lipinski definition) is 8. The minimum absolute atomic E-state index is 0.0728. The third-order valence-electron chi connectivity index (χ3n) is 8.76. The highest BCUT2D eigenvalue weighted by Gasteiger charge is 2.44. The van der Waals surface area contributed by atoms with Gasteiger partial charge >= 0.3 is 0 Å². The lowest BCUT2D eigenvalue weighted by atomic mass is 9.93. The number of carbonyl (C=O) groups excluding carboxylic acids is 1. The summed E-state index contributed by atoms with van der Waals surface area (Å²) < 4.78 is 34.3. The number of fused-ring (bicyclic) bond motifs is 1. The Balaban J connectivity index is 1.30. The van der Waals surface area contributed by atoms with E-state index in [1.165, 1.54) is 18.9 Å². The lowest BCUT2D eigenvalue weighted by Crippen LogP contribution is -2.36. The monoisotopic (exact) mass is 555 g/mol. The van der Waals surface area contributed by atoms with Gasteiger partial charge < -0.3 is 25.0 Å². The molecule has 2 aliphatic carbocycles. The van der Waals surface area contributed by atoms with Gasteiger partial charge in [0.05, 0.1) is 22.8 Å². The van der Waals surface area contributed by atoms with E-state index in [0.29, 0.717) is 28.4 Å². The number of sulfonamides is 1. The van der Waals surface area contributed by atoms with E-state index in [9.17, 15) is 13.2 Å². The van der Waals surface area contributed by atoms with E-state index >= 15 is 0 Å². The Hall–Kier alpha value is -2.89. The van der Waals surface area contributed by atoms with Crippen molar-refractivity contribution in [2.75, 3.05) is 55.0 Å². The van der Waals surface area contributed by atoms with Crippen molar-refractivity contribution in [3.05, 3.63) is 35.4 Å². The van der Waals surface area contributed by atoms with E-state index in [-0.39, 0.29) is 30.1 Å². The average Bonchev–Trinajstić information content (AvgIpc) is 3.55. The summed E-state index contributed by atoms with van der Waals surface area (Å²) in [6.07, 6.45) is 8.77. The first-order valence-corrected chi connectivity index (χ1v) is 15.5. The molecule has 2 saturated carbocycles. The molecule has 1 amide bonds. The van der Waals surface area contributed by atoms with Crippen LogP contribution < -0.4 is 24.6 Å². The number of anilines is 3. The van der Waals surface area contributed by atoms with Gasteiger partial charge in [-0.3, -0.25) is 4.79 Å². The summed E-state index contributed by atoms with van der Waals surface area (Å²) in [5.41, 5.74) is 3.53. The number of hydrogen-bond donors (Lipinski definition) is 3. The number of piperidine rings is 1. The van der Waals surface area contributed by atoms with E-state index < -0.39 is 10.0 Å². The molecule has 4 aliphatic rings. The second-order valence-corrected chi connectivity index (χ2v) is 13.2. The fourth-order valence-corrected chi connectivity index (χ4v) is 6.88. The van der Waals surface area contributed by atoms with Crippen LogP contribution in [0.15, 0.2) is 29.2 Å². The molecule has 1 aromatic heterocycles. The van der Waals surface area contributed by atoms with Crippen molar-refractivity contribution < 1.29 is 23.1 Å². The fourth-order valence-electron chi connectivity index (χ4n) is 5.84. The molecule has 210 valence electrons. The molecule has 3 N–H and O–H groups in total. The predicted octanol–water partition coefficient (Wildman–Crippen LogP) is 2.91. The minimum atomic E-state index is -3.82. The number of aliphatic hydroxyl groups excluding tert-OH is 1. The van der Waals surface area contributed by atoms with Crippen molar-refractivity contribution in [3.8, 4) is 5.88 Å². The van der Waals surface area contributed by atoms with Crippen LogP contribution in [0.2, 0.25) is 0 Å². The van der Waals surface area contributed by atoms with E-state index in [0.717, 1.165) is 69.4 Å². The van der Waals surface area contributed by atoms with E-state index in [1.54, 1.807) is 12.1 Å². The molecule has 2 aromatic rings. The van der Waals surface area contributed by atoms with Crippen molar-refractivity contribution >= 4 is 33.1 Å². The summed E-state index contributed by atoms with van der Waals surface area (Å²) in [6.45, 7) is 2.05. The molecule has 1 aromatic carbocycles. The molecule has 2 aliphatic heterocycles. The molecule has 0 atom stereocenters. The van der Waals surface area contributed by atoms with Crippen LogP contribution in [0.25, 0.3) is 0 Å². The number of amides is 1. The van der Waals surface area contributed by atoms with Crippen molar-refractivity contribution in [1.29, 1.82) is 0 Å². The number of nitrogens with one attached hydrogen (secondary N) is 2. The number of carbonyl (C=O) groups is 1. The number of pyridine rings is 1. The molecular formula is C28H37N5O5S. The number of rotatable bonds is 9. The topological polar surface area (TPSA) is 124 Å². The highest BCUT2D eigenvalue weighted by Crippen LogP contribution is 2.54. The third kappa shape index (κ3) is 5.31. The van der Waals surface area contributed by atoms with Crippen LogP contribution in [0.4, 0.5) is 17.2 Å². The number of likely N-dealkylation sites (N-methyl/N-ethyl adjacent to an activating group) is 1. The van der Waals surface area contributed by atoms with Crippen molar-refractivity contribution in [3.63, 3.8) is 0 Å². The van der Waals surface area contributed by atoms with Crippen LogP contribution in [-0.2, 0) is 16.4 Å². The lowest BCUT2D eigenvalue weighted by molar-refractivity contribution is 0.102. The van der Waals surface area contributed by atoms with Crippen molar-refractivity contribution in [2.24, 2.45) is 5.41 Å². The summed E-state index contributed by atoms with van der Waals surface area (Å²) >= 11 is 0. The molecule has 0 unspecified atom stereocenters. The Morgan fingerprint density at radius 3 is 2.59 bits per heavy atom. The second-order valence-electron chi connectivity index (χ2n) is 11.4. The van der Waals surface area contributed by atoms with Gasteiger partial charge in [-0.2, -0.15) is 4.98 Å². The Morgan fingerprint density at radius 1 is 1.15 bits per heavy atom. The van der Waals surface area contributed by atoms with Gasteiger partial charge in [0.1, 0.15) is 17.6 Å². The van der Waals surface area contributed by atoms with Crippen LogP contribution in [0.5, 0.6) is 5.88 Å². The summed E-state index contributed by atoms with van der Waals surface area (Å²) in [5, 5.41) is 12.1. The first-order chi connectivity index (χ1) is 18.8. The summed E-state index contributed by atoms with van der Waals surface area (Å²) in [4.78, 5) is 22.7. The molecule has 1 saturated heterocycles. The summed E-state index contributed by atoms with van der Waals surface area (Å²) in [7, 11) is -1.79. The van der Waals surface area contributed by atoms with Gasteiger partial charge in [-0.25, -0.2) is 13.1 Å². The second kappa shape index (κ2) is 10.3. The quantitative estimate of drug-likeness (QED) is 0.432. The van der Waals surface area contributed by atoms with Crippen molar-refractivity contribution in [1.82, 2.24) is 9.71 Å². The molecule has 39 heavy (non-hydrogen) atoms. The Labute approximate surface area is 229 Å². The Kier molecular flexibility index (Phi) is 6.93. The summed E-state index contributed by atoms with van der Waals surface area (Å²) in [5.74, 6) is 0.665. The average molecular weight is 556 g/mol. The maximum Gasteiger partial charge on any atom is 0.258 e. The molecule has 0 bridgehead atoms. The standard InChI is InChI=1S/C28H37N5O5S/c1-32-13-7-19-17-24(31-27(25(19)32)38-20-3-2-4-20)30-26(35)22-6-5-21(39(36,37)29-12-16-34)18-23(22)33-14-10-28(8-9-28)11-15-33/h5-6,17-18,20,29,34H,2-4,7-16H2,1H3,(H,30,31,35). The Bertz CT molecular complexity index is 1360. The number of ether oxygens (including phenoxy) is 1. The molecule has 11 heteroatoms. The van der Waals surface area contributed by atoms with Crippen LogP contribution >= 0.6 is 0 Å². The van der Waals surface area contributed by atoms with E-state index in [1.807, 2.05) is 13.1 Å². The molecule has 3 fully saturated rings. The zero-order chi connectivity index (χ0) is 27.2. The van der Waals surface area contributed by atoms with Crippen LogP contribution in [0.3, 0.4) is 0 Å². The van der Waals surface area contributed by atoms with Crippen molar-refractivity contribution in [2.45, 2.75) is 62.4 Å². The molecule has 6 rings (SSSR count). The fraction of sp³-hybridized carbons (Fsp3) is 0.571. The lowest BCUT2D eigenvalue weighted by Gasteiger charge is -2.35. The van der Waals surface area contributed by atoms with Gasteiger partial charge in [0.15, 0.2) is 0 Å². The first-order valence-electron chi connectivity index (χ1n) is 14.0. The number of aliphatic hydroxyl groups is 1. The largest absolute Gasteiger partial charge is 0.473 e. The van der Waals surface area contributed by atoms with E-state index in [4.69, 9.17) is 14.8 Å². The highest BCUT2D eigenvalue weighted by molar-refractivity contribution is 7.89. The van der Waals surface area contributed by atoms with Gasteiger partial charge in [0, 0.05) is 33.2 Å². The van der Waals surface area contributed by atoms with E-state index in [2.05, 4.69) is 19.8 Å². The smallest absolute Gasteiger partial charge is 0.258 e. The molecule has 3 heterocycles. The normalized spacial score (nSPS) is 20.1. The molecule has 10 nitrogen and oxygen atoms in total. The molecule has 0 radical (unpaired) electrons. The number of nitrogens with zero attached hydrogens (tertiary/aromatic N) is 3.